The van der Waals surface area contributed by atoms with Gasteiger partial charge in [0.25, 0.3) is 5.91 Å². The minimum Gasteiger partial charge on any atom is -0.490 e. The number of carbonyl (C=O) groups excluding carboxylic acids is 1. The molecule has 2 aromatic rings. The van der Waals surface area contributed by atoms with Crippen LogP contribution in [0.15, 0.2) is 54.6 Å². The Balaban J connectivity index is 2.05. The number of nitrogens with one attached hydrogen (secondary N) is 1. The summed E-state index contributed by atoms with van der Waals surface area (Å²) in [5, 5.41) is 12.1. The molecule has 2 rings (SSSR count). The summed E-state index contributed by atoms with van der Waals surface area (Å²) in [5.74, 6) is -1.15. The molecular formula is C20H23NO5. The average molecular weight is 357 g/mol. The maximum Gasteiger partial charge on any atom is 0.308 e. The monoisotopic (exact) mass is 357 g/mol. The van der Waals surface area contributed by atoms with Crippen molar-refractivity contribution < 1.29 is 24.2 Å². The van der Waals surface area contributed by atoms with Crippen LogP contribution in [0.2, 0.25) is 0 Å². The Morgan fingerprint density at radius 1 is 1.00 bits per heavy atom. The van der Waals surface area contributed by atoms with Gasteiger partial charge in [-0.15, -0.1) is 0 Å². The SMILES string of the molecule is CCOc1ccccc1OCC(=O)NC(c1ccccc1)C(C)C(=O)O. The summed E-state index contributed by atoms with van der Waals surface area (Å²) in [5.41, 5.74) is 0.727. The summed E-state index contributed by atoms with van der Waals surface area (Å²) in [7, 11) is 0. The largest absolute Gasteiger partial charge is 0.490 e. The molecule has 0 bridgehead atoms. The van der Waals surface area contributed by atoms with Crippen LogP contribution in [0.1, 0.15) is 25.5 Å². The van der Waals surface area contributed by atoms with Crippen molar-refractivity contribution in [1.29, 1.82) is 0 Å². The number of amides is 1. The lowest BCUT2D eigenvalue weighted by atomic mass is 9.94. The molecule has 6 heteroatoms. The van der Waals surface area contributed by atoms with E-state index < -0.39 is 23.8 Å². The summed E-state index contributed by atoms with van der Waals surface area (Å²) in [6.07, 6.45) is 0. The van der Waals surface area contributed by atoms with Crippen molar-refractivity contribution in [3.63, 3.8) is 0 Å². The number of para-hydroxylation sites is 2. The molecule has 0 aliphatic carbocycles. The molecule has 0 aliphatic rings. The van der Waals surface area contributed by atoms with Crippen LogP contribution >= 0.6 is 0 Å². The molecule has 0 saturated heterocycles. The Hall–Kier alpha value is -3.02. The fraction of sp³-hybridized carbons (Fsp3) is 0.300. The fourth-order valence-electron chi connectivity index (χ4n) is 2.50. The van der Waals surface area contributed by atoms with Gasteiger partial charge in [0.05, 0.1) is 18.6 Å². The van der Waals surface area contributed by atoms with Gasteiger partial charge in [-0.3, -0.25) is 9.59 Å². The second-order valence-corrected chi connectivity index (χ2v) is 5.75. The molecular weight excluding hydrogens is 334 g/mol. The first-order valence-electron chi connectivity index (χ1n) is 8.44. The van der Waals surface area contributed by atoms with Crippen molar-refractivity contribution in [2.24, 2.45) is 5.92 Å². The Morgan fingerprint density at radius 2 is 1.58 bits per heavy atom. The highest BCUT2D eigenvalue weighted by molar-refractivity contribution is 5.79. The standard InChI is InChI=1S/C20H23NO5/c1-3-25-16-11-7-8-12-17(16)26-13-18(22)21-19(14(2)20(23)24)15-9-5-4-6-10-15/h4-12,14,19H,3,13H2,1-2H3,(H,21,22)(H,23,24). The van der Waals surface area contributed by atoms with Crippen molar-refractivity contribution in [3.8, 4) is 11.5 Å². The van der Waals surface area contributed by atoms with Crippen LogP contribution in [0, 0.1) is 5.92 Å². The summed E-state index contributed by atoms with van der Waals surface area (Å²) in [6, 6.07) is 15.4. The van der Waals surface area contributed by atoms with E-state index in [0.717, 1.165) is 5.56 Å². The number of hydrogen-bond acceptors (Lipinski definition) is 4. The molecule has 0 aliphatic heterocycles. The molecule has 0 saturated carbocycles. The van der Waals surface area contributed by atoms with Crippen LogP contribution in [-0.2, 0) is 9.59 Å². The van der Waals surface area contributed by atoms with E-state index in [0.29, 0.717) is 18.1 Å². The number of benzene rings is 2. The Morgan fingerprint density at radius 3 is 2.15 bits per heavy atom. The second kappa shape index (κ2) is 9.46. The number of carbonyl (C=O) groups is 2. The van der Waals surface area contributed by atoms with Crippen LogP contribution in [0.4, 0.5) is 0 Å². The van der Waals surface area contributed by atoms with E-state index >= 15 is 0 Å². The molecule has 2 aromatic carbocycles. The summed E-state index contributed by atoms with van der Waals surface area (Å²) in [4.78, 5) is 23.7. The highest BCUT2D eigenvalue weighted by Crippen LogP contribution is 2.26. The molecule has 0 radical (unpaired) electrons. The zero-order valence-electron chi connectivity index (χ0n) is 14.8. The lowest BCUT2D eigenvalue weighted by Crippen LogP contribution is -2.38. The van der Waals surface area contributed by atoms with E-state index in [1.54, 1.807) is 49.4 Å². The van der Waals surface area contributed by atoms with Crippen molar-refractivity contribution in [1.82, 2.24) is 5.32 Å². The first-order chi connectivity index (χ1) is 12.5. The quantitative estimate of drug-likeness (QED) is 0.720. The molecule has 2 unspecified atom stereocenters. The third-order valence-electron chi connectivity index (χ3n) is 3.87. The topological polar surface area (TPSA) is 84.9 Å². The second-order valence-electron chi connectivity index (χ2n) is 5.75. The van der Waals surface area contributed by atoms with Gasteiger partial charge in [-0.05, 0) is 31.5 Å². The summed E-state index contributed by atoms with van der Waals surface area (Å²) >= 11 is 0. The lowest BCUT2D eigenvalue weighted by Gasteiger charge is -2.23. The highest BCUT2D eigenvalue weighted by Gasteiger charge is 2.26. The third kappa shape index (κ3) is 5.24. The number of hydrogen-bond donors (Lipinski definition) is 2. The molecule has 0 spiro atoms. The van der Waals surface area contributed by atoms with Crippen molar-refractivity contribution in [2.75, 3.05) is 13.2 Å². The molecule has 138 valence electrons. The van der Waals surface area contributed by atoms with Gasteiger partial charge in [0, 0.05) is 0 Å². The highest BCUT2D eigenvalue weighted by atomic mass is 16.5. The first kappa shape index (κ1) is 19.3. The van der Waals surface area contributed by atoms with Gasteiger partial charge in [-0.25, -0.2) is 0 Å². The predicted molar refractivity (Wildman–Crippen MR) is 97.2 cm³/mol. The molecule has 0 aromatic heterocycles. The van der Waals surface area contributed by atoms with Crippen LogP contribution < -0.4 is 14.8 Å². The van der Waals surface area contributed by atoms with Crippen LogP contribution in [0.3, 0.4) is 0 Å². The minimum atomic E-state index is -0.984. The molecule has 26 heavy (non-hydrogen) atoms. The van der Waals surface area contributed by atoms with E-state index in [2.05, 4.69) is 5.32 Å². The maximum absolute atomic E-state index is 12.3. The minimum absolute atomic E-state index is 0.236. The molecule has 6 nitrogen and oxygen atoms in total. The average Bonchev–Trinajstić information content (AvgIpc) is 2.65. The van der Waals surface area contributed by atoms with Gasteiger partial charge in [0.1, 0.15) is 0 Å². The Bertz CT molecular complexity index is 732. The van der Waals surface area contributed by atoms with E-state index in [1.165, 1.54) is 0 Å². The van der Waals surface area contributed by atoms with Crippen LogP contribution in [-0.4, -0.2) is 30.2 Å². The number of carboxylic acids is 1. The van der Waals surface area contributed by atoms with Gasteiger partial charge in [-0.2, -0.15) is 0 Å². The van der Waals surface area contributed by atoms with Crippen LogP contribution in [0.25, 0.3) is 0 Å². The van der Waals surface area contributed by atoms with E-state index in [4.69, 9.17) is 9.47 Å². The molecule has 1 amide bonds. The van der Waals surface area contributed by atoms with E-state index in [9.17, 15) is 14.7 Å². The maximum atomic E-state index is 12.3. The fourth-order valence-corrected chi connectivity index (χ4v) is 2.50. The summed E-state index contributed by atoms with van der Waals surface area (Å²) in [6.45, 7) is 3.67. The Labute approximate surface area is 152 Å². The van der Waals surface area contributed by atoms with Crippen molar-refractivity contribution >= 4 is 11.9 Å². The van der Waals surface area contributed by atoms with Gasteiger partial charge in [0.2, 0.25) is 0 Å². The van der Waals surface area contributed by atoms with E-state index in [1.807, 2.05) is 19.1 Å². The molecule has 2 N–H and O–H groups in total. The summed E-state index contributed by atoms with van der Waals surface area (Å²) < 4.78 is 11.0. The molecule has 0 fully saturated rings. The number of carboxylic acid groups (broad SMARTS) is 1. The van der Waals surface area contributed by atoms with Gasteiger partial charge >= 0.3 is 5.97 Å². The zero-order valence-corrected chi connectivity index (χ0v) is 14.8. The van der Waals surface area contributed by atoms with E-state index in [-0.39, 0.29) is 6.61 Å². The third-order valence-corrected chi connectivity index (χ3v) is 3.87. The predicted octanol–water partition coefficient (Wildman–Crippen LogP) is 3.04. The number of ether oxygens (including phenoxy) is 2. The van der Waals surface area contributed by atoms with Gasteiger partial charge in [-0.1, -0.05) is 42.5 Å². The molecule has 0 heterocycles. The lowest BCUT2D eigenvalue weighted by molar-refractivity contribution is -0.142. The number of aliphatic carboxylic acids is 1. The zero-order chi connectivity index (χ0) is 18.9. The van der Waals surface area contributed by atoms with Gasteiger partial charge in [0.15, 0.2) is 18.1 Å². The first-order valence-corrected chi connectivity index (χ1v) is 8.44. The normalized spacial score (nSPS) is 12.7. The van der Waals surface area contributed by atoms with Gasteiger partial charge < -0.3 is 19.9 Å². The van der Waals surface area contributed by atoms with Crippen molar-refractivity contribution in [2.45, 2.75) is 19.9 Å². The van der Waals surface area contributed by atoms with Crippen LogP contribution in [0.5, 0.6) is 11.5 Å². The van der Waals surface area contributed by atoms with Crippen molar-refractivity contribution in [3.05, 3.63) is 60.2 Å². The molecule has 2 atom stereocenters. The Kier molecular flexibility index (Phi) is 7.02. The number of rotatable bonds is 9. The smallest absolute Gasteiger partial charge is 0.308 e.